The molecule has 0 saturated carbocycles. The van der Waals surface area contributed by atoms with E-state index in [1.54, 1.807) is 6.07 Å². The van der Waals surface area contributed by atoms with Crippen LogP contribution in [0.25, 0.3) is 0 Å². The van der Waals surface area contributed by atoms with E-state index in [2.05, 4.69) is 14.8 Å². The van der Waals surface area contributed by atoms with Gasteiger partial charge in [0.2, 0.25) is 5.91 Å². The number of hydrogen-bond donors (Lipinski definition) is 1. The normalized spacial score (nSPS) is 10.0. The molecule has 1 aromatic heterocycles. The molecule has 2 amide bonds. The van der Waals surface area contributed by atoms with Gasteiger partial charge in [0.05, 0.1) is 38.2 Å². The van der Waals surface area contributed by atoms with Crippen LogP contribution < -0.4 is 5.32 Å². The molecule has 0 spiro atoms. The van der Waals surface area contributed by atoms with Crippen molar-refractivity contribution in [3.05, 3.63) is 53.5 Å². The molecule has 1 aromatic carbocycles. The van der Waals surface area contributed by atoms with Gasteiger partial charge in [0.25, 0.3) is 5.91 Å². The fourth-order valence-corrected chi connectivity index (χ4v) is 2.25. The summed E-state index contributed by atoms with van der Waals surface area (Å²) < 4.78 is 14.3. The molecule has 0 saturated heterocycles. The van der Waals surface area contributed by atoms with E-state index in [0.717, 1.165) is 0 Å². The Bertz CT molecular complexity index is 824. The summed E-state index contributed by atoms with van der Waals surface area (Å²) in [7, 11) is 3.83. The van der Waals surface area contributed by atoms with Gasteiger partial charge in [-0.1, -0.05) is 0 Å². The van der Waals surface area contributed by atoms with Crippen LogP contribution in [0.1, 0.15) is 31.3 Å². The fraction of sp³-hybridized carbons (Fsp3) is 0.222. The molecule has 9 heteroatoms. The van der Waals surface area contributed by atoms with Crippen molar-refractivity contribution in [1.82, 2.24) is 4.90 Å². The third-order valence-corrected chi connectivity index (χ3v) is 3.52. The van der Waals surface area contributed by atoms with Crippen molar-refractivity contribution < 1.29 is 33.1 Å². The topological polar surface area (TPSA) is 115 Å². The van der Waals surface area contributed by atoms with Crippen LogP contribution >= 0.6 is 0 Å². The van der Waals surface area contributed by atoms with E-state index in [1.807, 2.05) is 0 Å². The lowest BCUT2D eigenvalue weighted by Gasteiger charge is -2.16. The quantitative estimate of drug-likeness (QED) is 0.763. The lowest BCUT2D eigenvalue weighted by molar-refractivity contribution is -0.116. The molecule has 1 heterocycles. The number of amides is 2. The van der Waals surface area contributed by atoms with Gasteiger partial charge in [0, 0.05) is 12.7 Å². The monoisotopic (exact) mass is 374 g/mol. The maximum atomic E-state index is 12.2. The highest BCUT2D eigenvalue weighted by Gasteiger charge is 2.19. The molecule has 0 aliphatic heterocycles. The minimum atomic E-state index is -0.679. The average molecular weight is 374 g/mol. The number of hydrogen-bond acceptors (Lipinski definition) is 7. The SMILES string of the molecule is COC(=O)c1cc(NC(=O)CN(C)C(=O)c2ccco2)cc(C(=O)OC)c1. The first-order valence-electron chi connectivity index (χ1n) is 7.76. The highest BCUT2D eigenvalue weighted by molar-refractivity contribution is 6.01. The van der Waals surface area contributed by atoms with Crippen LogP contribution in [0.3, 0.4) is 0 Å². The van der Waals surface area contributed by atoms with Crippen molar-refractivity contribution in [3.8, 4) is 0 Å². The molecule has 1 N–H and O–H groups in total. The van der Waals surface area contributed by atoms with Crippen LogP contribution in [0, 0.1) is 0 Å². The average Bonchev–Trinajstić information content (AvgIpc) is 3.20. The van der Waals surface area contributed by atoms with Crippen LogP contribution in [0.5, 0.6) is 0 Å². The van der Waals surface area contributed by atoms with Crippen molar-refractivity contribution in [2.75, 3.05) is 33.1 Å². The lowest BCUT2D eigenvalue weighted by Crippen LogP contribution is -2.34. The number of nitrogens with zero attached hydrogens (tertiary/aromatic N) is 1. The largest absolute Gasteiger partial charge is 0.465 e. The minimum Gasteiger partial charge on any atom is -0.465 e. The van der Waals surface area contributed by atoms with Gasteiger partial charge in [-0.25, -0.2) is 9.59 Å². The Morgan fingerprint density at radius 1 is 1.04 bits per heavy atom. The first-order valence-corrected chi connectivity index (χ1v) is 7.76. The number of rotatable bonds is 6. The summed E-state index contributed by atoms with van der Waals surface area (Å²) in [6.45, 7) is -0.268. The number of ether oxygens (including phenoxy) is 2. The first kappa shape index (κ1) is 19.7. The number of methoxy groups -OCH3 is 2. The summed E-state index contributed by atoms with van der Waals surface area (Å²) in [5.74, 6) is -2.25. The summed E-state index contributed by atoms with van der Waals surface area (Å²) in [5, 5.41) is 2.53. The zero-order valence-corrected chi connectivity index (χ0v) is 15.0. The van der Waals surface area contributed by atoms with E-state index in [1.165, 1.54) is 56.7 Å². The van der Waals surface area contributed by atoms with Gasteiger partial charge in [-0.05, 0) is 30.3 Å². The predicted molar refractivity (Wildman–Crippen MR) is 93.4 cm³/mol. The maximum Gasteiger partial charge on any atom is 0.337 e. The summed E-state index contributed by atoms with van der Waals surface area (Å²) in [6, 6.07) is 7.04. The van der Waals surface area contributed by atoms with Crippen molar-refractivity contribution in [3.63, 3.8) is 0 Å². The molecule has 9 nitrogen and oxygen atoms in total. The number of anilines is 1. The van der Waals surface area contributed by atoms with Crippen LogP contribution in [0.2, 0.25) is 0 Å². The molecular weight excluding hydrogens is 356 g/mol. The van der Waals surface area contributed by atoms with E-state index in [-0.39, 0.29) is 29.1 Å². The number of likely N-dealkylation sites (N-methyl/N-ethyl adjacent to an activating group) is 1. The highest BCUT2D eigenvalue weighted by atomic mass is 16.5. The summed E-state index contributed by atoms with van der Waals surface area (Å²) >= 11 is 0. The Morgan fingerprint density at radius 2 is 1.63 bits per heavy atom. The standard InChI is InChI=1S/C18H18N2O7/c1-20(16(22)14-5-4-6-27-14)10-15(21)19-13-8-11(17(23)25-2)7-12(9-13)18(24)26-3/h4-9H,10H2,1-3H3,(H,19,21). The van der Waals surface area contributed by atoms with E-state index in [4.69, 9.17) is 4.42 Å². The number of carbonyl (C=O) groups is 4. The molecule has 2 aromatic rings. The highest BCUT2D eigenvalue weighted by Crippen LogP contribution is 2.17. The van der Waals surface area contributed by atoms with Gasteiger partial charge >= 0.3 is 11.9 Å². The van der Waals surface area contributed by atoms with Gasteiger partial charge in [0.15, 0.2) is 5.76 Å². The minimum absolute atomic E-state index is 0.0655. The zero-order chi connectivity index (χ0) is 20.0. The Morgan fingerprint density at radius 3 is 2.11 bits per heavy atom. The number of carbonyl (C=O) groups excluding carboxylic acids is 4. The maximum absolute atomic E-state index is 12.2. The van der Waals surface area contributed by atoms with Crippen molar-refractivity contribution in [2.45, 2.75) is 0 Å². The van der Waals surface area contributed by atoms with Crippen molar-refractivity contribution in [1.29, 1.82) is 0 Å². The Kier molecular flexibility index (Phi) is 6.32. The van der Waals surface area contributed by atoms with Crippen LogP contribution in [-0.2, 0) is 14.3 Å². The molecule has 0 bridgehead atoms. The second kappa shape index (κ2) is 8.65. The van der Waals surface area contributed by atoms with Gasteiger partial charge < -0.3 is 24.1 Å². The van der Waals surface area contributed by atoms with E-state index in [9.17, 15) is 19.2 Å². The van der Waals surface area contributed by atoms with E-state index < -0.39 is 23.8 Å². The second-order valence-electron chi connectivity index (χ2n) is 5.47. The number of nitrogens with one attached hydrogen (secondary N) is 1. The third kappa shape index (κ3) is 4.94. The van der Waals surface area contributed by atoms with Crippen LogP contribution in [0.4, 0.5) is 5.69 Å². The van der Waals surface area contributed by atoms with Gasteiger partial charge in [-0.3, -0.25) is 9.59 Å². The Labute approximate surface area is 154 Å². The molecule has 27 heavy (non-hydrogen) atoms. The molecule has 0 aliphatic carbocycles. The molecule has 0 atom stereocenters. The molecule has 0 radical (unpaired) electrons. The summed E-state index contributed by atoms with van der Waals surface area (Å²) in [6.07, 6.45) is 1.35. The van der Waals surface area contributed by atoms with Crippen molar-refractivity contribution in [2.24, 2.45) is 0 Å². The summed E-state index contributed by atoms with van der Waals surface area (Å²) in [5.41, 5.74) is 0.314. The lowest BCUT2D eigenvalue weighted by atomic mass is 10.1. The zero-order valence-electron chi connectivity index (χ0n) is 15.0. The van der Waals surface area contributed by atoms with Gasteiger partial charge in [0.1, 0.15) is 0 Å². The van der Waals surface area contributed by atoms with Crippen molar-refractivity contribution >= 4 is 29.4 Å². The van der Waals surface area contributed by atoms with Gasteiger partial charge in [-0.15, -0.1) is 0 Å². The molecular formula is C18H18N2O7. The Balaban J connectivity index is 2.15. The summed E-state index contributed by atoms with van der Waals surface area (Å²) in [4.78, 5) is 49.0. The molecule has 2 rings (SSSR count). The molecule has 0 unspecified atom stereocenters. The molecule has 0 fully saturated rings. The van der Waals surface area contributed by atoms with Gasteiger partial charge in [-0.2, -0.15) is 0 Å². The smallest absolute Gasteiger partial charge is 0.337 e. The second-order valence-corrected chi connectivity index (χ2v) is 5.47. The third-order valence-electron chi connectivity index (χ3n) is 3.52. The van der Waals surface area contributed by atoms with Crippen LogP contribution in [-0.4, -0.2) is 56.5 Å². The molecule has 142 valence electrons. The Hall–Kier alpha value is -3.62. The predicted octanol–water partition coefficient (Wildman–Crippen LogP) is 1.56. The van der Waals surface area contributed by atoms with Crippen LogP contribution in [0.15, 0.2) is 41.0 Å². The number of esters is 2. The fourth-order valence-electron chi connectivity index (χ4n) is 2.25. The van der Waals surface area contributed by atoms with E-state index in [0.29, 0.717) is 0 Å². The number of furan rings is 1. The molecule has 0 aliphatic rings. The van der Waals surface area contributed by atoms with E-state index >= 15 is 0 Å². The first-order chi connectivity index (χ1) is 12.8. The number of benzene rings is 1.